The van der Waals surface area contributed by atoms with E-state index >= 15 is 0 Å². The van der Waals surface area contributed by atoms with Gasteiger partial charge in [0.25, 0.3) is 0 Å². The number of halogens is 1. The Balaban J connectivity index is 0.00000306. The maximum atomic E-state index is 5.75. The lowest BCUT2D eigenvalue weighted by Crippen LogP contribution is -2.50. The molecule has 2 N–H and O–H groups in total. The first-order chi connectivity index (χ1) is 15.6. The fourth-order valence-corrected chi connectivity index (χ4v) is 4.93. The van der Waals surface area contributed by atoms with E-state index in [1.807, 2.05) is 7.05 Å². The quantitative estimate of drug-likeness (QED) is 0.314. The highest BCUT2D eigenvalue weighted by Crippen LogP contribution is 2.40. The molecule has 4 rings (SSSR count). The number of anilines is 1. The zero-order chi connectivity index (χ0) is 22.4. The van der Waals surface area contributed by atoms with Crippen molar-refractivity contribution in [3.8, 4) is 5.75 Å². The summed E-state index contributed by atoms with van der Waals surface area (Å²) >= 11 is 0. The smallest absolute Gasteiger partial charge is 0.191 e. The molecular formula is C26H37IN4O2. The van der Waals surface area contributed by atoms with Crippen LogP contribution >= 0.6 is 24.0 Å². The number of guanidine groups is 1. The number of nitrogens with zero attached hydrogens (tertiary/aromatic N) is 2. The molecule has 0 aliphatic carbocycles. The number of aryl methyl sites for hydroxylation is 1. The lowest BCUT2D eigenvalue weighted by molar-refractivity contribution is 0.0505. The van der Waals surface area contributed by atoms with Gasteiger partial charge in [-0.1, -0.05) is 35.9 Å². The topological polar surface area (TPSA) is 58.1 Å². The second-order valence-electron chi connectivity index (χ2n) is 8.93. The highest BCUT2D eigenvalue weighted by Gasteiger charge is 2.37. The van der Waals surface area contributed by atoms with Crippen LogP contribution in [-0.2, 0) is 10.2 Å². The average molecular weight is 565 g/mol. The normalized spacial score (nSPS) is 20.2. The van der Waals surface area contributed by atoms with Crippen molar-refractivity contribution < 1.29 is 9.47 Å². The van der Waals surface area contributed by atoms with Crippen LogP contribution in [0.15, 0.2) is 53.5 Å². The SMILES string of the molecule is CN=C(NCC1(c2cc(C)ccc2OC)CCOCC1)NC1CCN(c2ccccc2)C1.I. The van der Waals surface area contributed by atoms with Crippen molar-refractivity contribution in [3.63, 3.8) is 0 Å². The number of para-hydroxylation sites is 1. The molecule has 2 saturated heterocycles. The van der Waals surface area contributed by atoms with Gasteiger partial charge in [0.2, 0.25) is 0 Å². The molecule has 2 aliphatic rings. The first-order valence-corrected chi connectivity index (χ1v) is 11.6. The van der Waals surface area contributed by atoms with Gasteiger partial charge in [0, 0.05) is 62.6 Å². The third kappa shape index (κ3) is 6.12. The number of nitrogens with one attached hydrogen (secondary N) is 2. The number of ether oxygens (including phenoxy) is 2. The van der Waals surface area contributed by atoms with Crippen LogP contribution in [0.2, 0.25) is 0 Å². The minimum Gasteiger partial charge on any atom is -0.496 e. The minimum atomic E-state index is -0.0427. The Morgan fingerprint density at radius 3 is 2.64 bits per heavy atom. The van der Waals surface area contributed by atoms with Crippen molar-refractivity contribution in [3.05, 3.63) is 59.7 Å². The minimum absolute atomic E-state index is 0. The van der Waals surface area contributed by atoms with E-state index < -0.39 is 0 Å². The highest BCUT2D eigenvalue weighted by atomic mass is 127. The van der Waals surface area contributed by atoms with Crippen LogP contribution in [0.25, 0.3) is 0 Å². The number of aliphatic imine (C=N–C) groups is 1. The molecule has 2 aromatic carbocycles. The molecular weight excluding hydrogens is 527 g/mol. The maximum absolute atomic E-state index is 5.75. The van der Waals surface area contributed by atoms with Crippen molar-refractivity contribution in [2.24, 2.45) is 4.99 Å². The fraction of sp³-hybridized carbons (Fsp3) is 0.500. The van der Waals surface area contributed by atoms with Crippen molar-refractivity contribution in [1.29, 1.82) is 0 Å². The van der Waals surface area contributed by atoms with Gasteiger partial charge in [0.15, 0.2) is 5.96 Å². The predicted octanol–water partition coefficient (Wildman–Crippen LogP) is 4.11. The Hall–Kier alpha value is -2.00. The second kappa shape index (κ2) is 11.9. The molecule has 2 aliphatic heterocycles. The molecule has 33 heavy (non-hydrogen) atoms. The number of rotatable bonds is 6. The molecule has 0 radical (unpaired) electrons. The van der Waals surface area contributed by atoms with Crippen LogP contribution in [0.5, 0.6) is 5.75 Å². The summed E-state index contributed by atoms with van der Waals surface area (Å²) in [6.45, 7) is 6.50. The van der Waals surface area contributed by atoms with E-state index in [0.717, 1.165) is 63.8 Å². The van der Waals surface area contributed by atoms with Crippen LogP contribution in [0, 0.1) is 6.92 Å². The first kappa shape index (κ1) is 25.6. The molecule has 1 atom stereocenters. The molecule has 0 spiro atoms. The monoisotopic (exact) mass is 564 g/mol. The Bertz CT molecular complexity index is 916. The summed E-state index contributed by atoms with van der Waals surface area (Å²) in [5.41, 5.74) is 3.76. The molecule has 2 fully saturated rings. The molecule has 0 amide bonds. The molecule has 180 valence electrons. The van der Waals surface area contributed by atoms with Crippen molar-refractivity contribution >= 4 is 35.6 Å². The zero-order valence-electron chi connectivity index (χ0n) is 20.0. The van der Waals surface area contributed by atoms with Crippen LogP contribution in [0.1, 0.15) is 30.4 Å². The van der Waals surface area contributed by atoms with Crippen LogP contribution in [-0.4, -0.2) is 59.0 Å². The summed E-state index contributed by atoms with van der Waals surface area (Å²) in [6, 6.07) is 17.5. The summed E-state index contributed by atoms with van der Waals surface area (Å²) in [6.07, 6.45) is 3.02. The fourth-order valence-electron chi connectivity index (χ4n) is 4.93. The number of methoxy groups -OCH3 is 1. The van der Waals surface area contributed by atoms with Gasteiger partial charge in [-0.3, -0.25) is 4.99 Å². The summed E-state index contributed by atoms with van der Waals surface area (Å²) in [5, 5.41) is 7.29. The standard InChI is InChI=1S/C26H36N4O2.HI/c1-20-9-10-24(31-3)23(17-20)26(12-15-32-16-13-26)19-28-25(27-2)29-21-11-14-30(18-21)22-7-5-4-6-8-22;/h4-10,17,21H,11-16,18-19H2,1-3H3,(H2,27,28,29);1H. The number of benzene rings is 2. The van der Waals surface area contributed by atoms with E-state index in [9.17, 15) is 0 Å². The molecule has 7 heteroatoms. The van der Waals surface area contributed by atoms with Gasteiger partial charge in [-0.15, -0.1) is 24.0 Å². The molecule has 0 saturated carbocycles. The van der Waals surface area contributed by atoms with Gasteiger partial charge in [0.1, 0.15) is 5.75 Å². The summed E-state index contributed by atoms with van der Waals surface area (Å²) in [4.78, 5) is 6.97. The molecule has 0 aromatic heterocycles. The van der Waals surface area contributed by atoms with Crippen molar-refractivity contribution in [2.45, 2.75) is 37.6 Å². The Labute approximate surface area is 215 Å². The number of hydrogen-bond acceptors (Lipinski definition) is 4. The van der Waals surface area contributed by atoms with Gasteiger partial charge >= 0.3 is 0 Å². The molecule has 2 aromatic rings. The maximum Gasteiger partial charge on any atom is 0.191 e. The summed E-state index contributed by atoms with van der Waals surface area (Å²) in [7, 11) is 3.61. The number of hydrogen-bond donors (Lipinski definition) is 2. The van der Waals surface area contributed by atoms with E-state index in [1.165, 1.54) is 16.8 Å². The predicted molar refractivity (Wildman–Crippen MR) is 146 cm³/mol. The Morgan fingerprint density at radius 2 is 1.94 bits per heavy atom. The first-order valence-electron chi connectivity index (χ1n) is 11.6. The second-order valence-corrected chi connectivity index (χ2v) is 8.93. The third-order valence-electron chi connectivity index (χ3n) is 6.84. The van der Waals surface area contributed by atoms with E-state index in [-0.39, 0.29) is 29.4 Å². The van der Waals surface area contributed by atoms with Gasteiger partial charge < -0.3 is 25.0 Å². The molecule has 1 unspecified atom stereocenters. The molecule has 2 heterocycles. The van der Waals surface area contributed by atoms with E-state index in [1.54, 1.807) is 7.11 Å². The Kier molecular flexibility index (Phi) is 9.26. The highest BCUT2D eigenvalue weighted by molar-refractivity contribution is 14.0. The van der Waals surface area contributed by atoms with Crippen LogP contribution < -0.4 is 20.3 Å². The van der Waals surface area contributed by atoms with E-state index in [2.05, 4.69) is 76.0 Å². The van der Waals surface area contributed by atoms with Gasteiger partial charge in [-0.25, -0.2) is 0 Å². The Morgan fingerprint density at radius 1 is 1.18 bits per heavy atom. The third-order valence-corrected chi connectivity index (χ3v) is 6.84. The summed E-state index contributed by atoms with van der Waals surface area (Å²) < 4.78 is 11.5. The van der Waals surface area contributed by atoms with Crippen LogP contribution in [0.3, 0.4) is 0 Å². The van der Waals surface area contributed by atoms with Crippen LogP contribution in [0.4, 0.5) is 5.69 Å². The zero-order valence-corrected chi connectivity index (χ0v) is 22.3. The largest absolute Gasteiger partial charge is 0.496 e. The average Bonchev–Trinajstić information content (AvgIpc) is 3.31. The van der Waals surface area contributed by atoms with Gasteiger partial charge in [0.05, 0.1) is 7.11 Å². The van der Waals surface area contributed by atoms with Gasteiger partial charge in [-0.2, -0.15) is 0 Å². The van der Waals surface area contributed by atoms with Crippen molar-refractivity contribution in [2.75, 3.05) is 51.9 Å². The summed E-state index contributed by atoms with van der Waals surface area (Å²) in [5.74, 6) is 1.82. The van der Waals surface area contributed by atoms with Crippen molar-refractivity contribution in [1.82, 2.24) is 10.6 Å². The lowest BCUT2D eigenvalue weighted by atomic mass is 9.73. The van der Waals surface area contributed by atoms with E-state index in [4.69, 9.17) is 9.47 Å². The van der Waals surface area contributed by atoms with Gasteiger partial charge in [-0.05, 0) is 44.4 Å². The molecule has 0 bridgehead atoms. The lowest BCUT2D eigenvalue weighted by Gasteiger charge is -2.39. The van der Waals surface area contributed by atoms with E-state index in [0.29, 0.717) is 6.04 Å². The molecule has 6 nitrogen and oxygen atoms in total.